The number of ether oxygens (including phenoxy) is 1. The second-order valence-electron chi connectivity index (χ2n) is 5.75. The number of aryl methyl sites for hydroxylation is 1. The Labute approximate surface area is 151 Å². The first-order valence-electron chi connectivity index (χ1n) is 8.22. The van der Waals surface area contributed by atoms with Crippen LogP contribution in [0.2, 0.25) is 0 Å². The lowest BCUT2D eigenvalue weighted by molar-refractivity contribution is -0.116. The summed E-state index contributed by atoms with van der Waals surface area (Å²) in [5, 5.41) is 10.7. The molecule has 7 nitrogen and oxygen atoms in total. The van der Waals surface area contributed by atoms with E-state index in [1.54, 1.807) is 49.3 Å². The molecule has 0 saturated carbocycles. The van der Waals surface area contributed by atoms with Crippen LogP contribution in [0, 0.1) is 0 Å². The van der Waals surface area contributed by atoms with E-state index in [0.29, 0.717) is 17.8 Å². The van der Waals surface area contributed by atoms with Gasteiger partial charge < -0.3 is 15.4 Å². The number of nitrogens with one attached hydrogen (secondary N) is 2. The molecule has 0 aliphatic carbocycles. The van der Waals surface area contributed by atoms with Crippen molar-refractivity contribution in [3.63, 3.8) is 0 Å². The van der Waals surface area contributed by atoms with Gasteiger partial charge in [0, 0.05) is 30.1 Å². The second kappa shape index (κ2) is 7.69. The van der Waals surface area contributed by atoms with Gasteiger partial charge in [-0.2, -0.15) is 5.10 Å². The first-order valence-corrected chi connectivity index (χ1v) is 8.22. The molecule has 0 spiro atoms. The van der Waals surface area contributed by atoms with Crippen molar-refractivity contribution in [1.82, 2.24) is 15.1 Å². The van der Waals surface area contributed by atoms with Crippen LogP contribution in [0.3, 0.4) is 0 Å². The first kappa shape index (κ1) is 17.5. The van der Waals surface area contributed by atoms with Gasteiger partial charge in [-0.1, -0.05) is 6.07 Å². The molecule has 1 aromatic heterocycles. The molecule has 0 atom stereocenters. The number of fused-ring (bicyclic) bond motifs is 1. The Morgan fingerprint density at radius 1 is 1.19 bits per heavy atom. The van der Waals surface area contributed by atoms with Gasteiger partial charge in [-0.3, -0.25) is 14.3 Å². The van der Waals surface area contributed by atoms with E-state index in [1.807, 2.05) is 18.2 Å². The van der Waals surface area contributed by atoms with Crippen molar-refractivity contribution in [2.75, 3.05) is 19.5 Å². The molecule has 134 valence electrons. The number of amides is 2. The van der Waals surface area contributed by atoms with Gasteiger partial charge in [-0.05, 0) is 36.4 Å². The van der Waals surface area contributed by atoms with Gasteiger partial charge in [-0.25, -0.2) is 0 Å². The molecular weight excluding hydrogens is 332 g/mol. The third kappa shape index (κ3) is 3.83. The Kier molecular flexibility index (Phi) is 5.17. The van der Waals surface area contributed by atoms with Crippen molar-refractivity contribution in [1.29, 1.82) is 0 Å². The average molecular weight is 352 g/mol. The molecule has 0 aliphatic rings. The van der Waals surface area contributed by atoms with Crippen LogP contribution in [0.4, 0.5) is 5.69 Å². The predicted octanol–water partition coefficient (Wildman–Crippen LogP) is 2.43. The molecule has 0 fully saturated rings. The summed E-state index contributed by atoms with van der Waals surface area (Å²) >= 11 is 0. The molecule has 2 N–H and O–H groups in total. The highest BCUT2D eigenvalue weighted by atomic mass is 16.5. The van der Waals surface area contributed by atoms with E-state index in [4.69, 9.17) is 4.74 Å². The van der Waals surface area contributed by atoms with E-state index >= 15 is 0 Å². The van der Waals surface area contributed by atoms with E-state index in [2.05, 4.69) is 15.7 Å². The number of carbonyl (C=O) groups excluding carboxylic acids is 2. The summed E-state index contributed by atoms with van der Waals surface area (Å²) in [6, 6.07) is 12.5. The number of anilines is 1. The number of methoxy groups -OCH3 is 1. The van der Waals surface area contributed by atoms with Crippen molar-refractivity contribution < 1.29 is 14.3 Å². The smallest absolute Gasteiger partial charge is 0.251 e. The highest BCUT2D eigenvalue weighted by Gasteiger charge is 2.09. The largest absolute Gasteiger partial charge is 0.497 e. The van der Waals surface area contributed by atoms with Crippen molar-refractivity contribution in [2.24, 2.45) is 0 Å². The van der Waals surface area contributed by atoms with Crippen LogP contribution in [0.15, 0.2) is 48.7 Å². The van der Waals surface area contributed by atoms with Gasteiger partial charge in [0.05, 0.1) is 25.4 Å². The maximum atomic E-state index is 12.2. The quantitative estimate of drug-likeness (QED) is 0.713. The molecule has 7 heteroatoms. The van der Waals surface area contributed by atoms with E-state index in [-0.39, 0.29) is 18.2 Å². The Hall–Kier alpha value is -3.35. The minimum absolute atomic E-state index is 0.142. The minimum Gasteiger partial charge on any atom is -0.497 e. The van der Waals surface area contributed by atoms with E-state index in [1.165, 1.54) is 0 Å². The second-order valence-corrected chi connectivity index (χ2v) is 5.75. The van der Waals surface area contributed by atoms with Crippen LogP contribution in [-0.4, -0.2) is 35.8 Å². The van der Waals surface area contributed by atoms with Gasteiger partial charge in [0.25, 0.3) is 5.91 Å². The van der Waals surface area contributed by atoms with Crippen LogP contribution in [0.5, 0.6) is 5.75 Å². The molecule has 3 aromatic rings. The number of rotatable bonds is 6. The maximum absolute atomic E-state index is 12.2. The topological polar surface area (TPSA) is 85.3 Å². The first-order chi connectivity index (χ1) is 12.6. The zero-order chi connectivity index (χ0) is 18.5. The third-order valence-corrected chi connectivity index (χ3v) is 4.04. The molecule has 0 radical (unpaired) electrons. The average Bonchev–Trinajstić information content (AvgIpc) is 3.08. The van der Waals surface area contributed by atoms with Crippen LogP contribution in [0.25, 0.3) is 10.9 Å². The molecule has 0 aliphatic heterocycles. The minimum atomic E-state index is -0.195. The fraction of sp³-hybridized carbons (Fsp3) is 0.211. The third-order valence-electron chi connectivity index (χ3n) is 4.04. The van der Waals surface area contributed by atoms with Crippen molar-refractivity contribution in [3.8, 4) is 5.75 Å². The molecule has 2 aromatic carbocycles. The lowest BCUT2D eigenvalue weighted by atomic mass is 10.2. The van der Waals surface area contributed by atoms with Gasteiger partial charge in [-0.15, -0.1) is 0 Å². The lowest BCUT2D eigenvalue weighted by Crippen LogP contribution is -2.19. The van der Waals surface area contributed by atoms with Crippen molar-refractivity contribution in [3.05, 3.63) is 54.2 Å². The number of aromatic nitrogens is 2. The monoisotopic (exact) mass is 352 g/mol. The molecule has 2 amide bonds. The summed E-state index contributed by atoms with van der Waals surface area (Å²) in [4.78, 5) is 23.9. The number of nitrogens with zero attached hydrogens (tertiary/aromatic N) is 2. The normalized spacial score (nSPS) is 10.5. The van der Waals surface area contributed by atoms with Crippen LogP contribution < -0.4 is 15.4 Å². The fourth-order valence-corrected chi connectivity index (χ4v) is 2.68. The molecular formula is C19H20N4O3. The van der Waals surface area contributed by atoms with Gasteiger partial charge >= 0.3 is 0 Å². The summed E-state index contributed by atoms with van der Waals surface area (Å²) in [6.45, 7) is 0.455. The molecule has 1 heterocycles. The van der Waals surface area contributed by atoms with Gasteiger partial charge in [0.1, 0.15) is 5.75 Å². The Bertz CT molecular complexity index is 949. The Balaban J connectivity index is 1.63. The summed E-state index contributed by atoms with van der Waals surface area (Å²) in [6.07, 6.45) is 2.02. The van der Waals surface area contributed by atoms with Crippen LogP contribution in [0.1, 0.15) is 16.8 Å². The maximum Gasteiger partial charge on any atom is 0.251 e. The number of hydrogen-bond donors (Lipinski definition) is 2. The van der Waals surface area contributed by atoms with Gasteiger partial charge in [0.15, 0.2) is 0 Å². The summed E-state index contributed by atoms with van der Waals surface area (Å²) in [7, 11) is 3.19. The van der Waals surface area contributed by atoms with E-state index < -0.39 is 0 Å². The van der Waals surface area contributed by atoms with Crippen molar-refractivity contribution >= 4 is 28.4 Å². The SMILES string of the molecule is CNC(=O)c1cccc(NC(=O)CCn2ncc3cc(OC)ccc32)c1. The molecule has 0 bridgehead atoms. The molecule has 0 unspecified atom stereocenters. The van der Waals surface area contributed by atoms with Crippen LogP contribution >= 0.6 is 0 Å². The highest BCUT2D eigenvalue weighted by Crippen LogP contribution is 2.20. The summed E-state index contributed by atoms with van der Waals surface area (Å²) in [5.41, 5.74) is 2.03. The number of benzene rings is 2. The zero-order valence-electron chi connectivity index (χ0n) is 14.7. The Morgan fingerprint density at radius 2 is 2.04 bits per heavy atom. The van der Waals surface area contributed by atoms with Gasteiger partial charge in [0.2, 0.25) is 5.91 Å². The van der Waals surface area contributed by atoms with Crippen molar-refractivity contribution in [2.45, 2.75) is 13.0 Å². The lowest BCUT2D eigenvalue weighted by Gasteiger charge is -2.08. The van der Waals surface area contributed by atoms with E-state index in [0.717, 1.165) is 16.7 Å². The fourth-order valence-electron chi connectivity index (χ4n) is 2.68. The van der Waals surface area contributed by atoms with E-state index in [9.17, 15) is 9.59 Å². The highest BCUT2D eigenvalue weighted by molar-refractivity contribution is 5.97. The summed E-state index contributed by atoms with van der Waals surface area (Å²) < 4.78 is 6.99. The Morgan fingerprint density at radius 3 is 2.81 bits per heavy atom. The standard InChI is InChI=1S/C19H20N4O3/c1-20-19(25)13-4-3-5-15(10-13)22-18(24)8-9-23-17-7-6-16(26-2)11-14(17)12-21-23/h3-7,10-12H,8-9H2,1-2H3,(H,20,25)(H,22,24). The molecule has 0 saturated heterocycles. The molecule has 26 heavy (non-hydrogen) atoms. The summed E-state index contributed by atoms with van der Waals surface area (Å²) in [5.74, 6) is 0.432. The predicted molar refractivity (Wildman–Crippen MR) is 99.4 cm³/mol. The van der Waals surface area contributed by atoms with Crippen LogP contribution in [-0.2, 0) is 11.3 Å². The molecule has 3 rings (SSSR count). The zero-order valence-corrected chi connectivity index (χ0v) is 14.7. The number of carbonyl (C=O) groups is 2. The number of hydrogen-bond acceptors (Lipinski definition) is 4.